The number of carbonyl (C=O) groups excluding carboxylic acids is 2. The molecule has 8 heteroatoms. The Morgan fingerprint density at radius 1 is 1.32 bits per heavy atom. The minimum atomic E-state index is -1.19. The third-order valence-corrected chi connectivity index (χ3v) is 6.38. The minimum absolute atomic E-state index is 0.0835. The van der Waals surface area contributed by atoms with Crippen LogP contribution in [0.25, 0.3) is 0 Å². The molecule has 1 amide bonds. The molecule has 0 saturated heterocycles. The third kappa shape index (κ3) is 6.86. The van der Waals surface area contributed by atoms with Crippen molar-refractivity contribution in [3.8, 4) is 0 Å². The summed E-state index contributed by atoms with van der Waals surface area (Å²) >= 11 is 1.66. The van der Waals surface area contributed by atoms with Gasteiger partial charge < -0.3 is 20.9 Å². The van der Waals surface area contributed by atoms with Crippen LogP contribution >= 0.6 is 11.8 Å². The Morgan fingerprint density at radius 3 is 2.32 bits per heavy atom. The van der Waals surface area contributed by atoms with E-state index in [4.69, 9.17) is 15.6 Å². The zero-order chi connectivity index (χ0) is 19.2. The number of rotatable bonds is 9. The molecule has 1 unspecified atom stereocenters. The Morgan fingerprint density at radius 2 is 1.92 bits per heavy atom. The molecular weight excluding hydrogens is 344 g/mol. The van der Waals surface area contributed by atoms with Gasteiger partial charge in [-0.25, -0.2) is 4.79 Å². The van der Waals surface area contributed by atoms with Gasteiger partial charge in [-0.05, 0) is 24.2 Å². The summed E-state index contributed by atoms with van der Waals surface area (Å²) in [7, 11) is 1.26. The fourth-order valence-electron chi connectivity index (χ4n) is 2.91. The van der Waals surface area contributed by atoms with E-state index in [1.54, 1.807) is 11.8 Å². The molecule has 1 fully saturated rings. The van der Waals surface area contributed by atoms with Crippen molar-refractivity contribution in [3.63, 3.8) is 0 Å². The van der Waals surface area contributed by atoms with E-state index >= 15 is 0 Å². The zero-order valence-corrected chi connectivity index (χ0v) is 16.2. The minimum Gasteiger partial charge on any atom is -0.481 e. The first-order chi connectivity index (χ1) is 11.6. The van der Waals surface area contributed by atoms with Crippen LogP contribution in [-0.2, 0) is 19.1 Å². The lowest BCUT2D eigenvalue weighted by atomic mass is 9.74. The highest BCUT2D eigenvalue weighted by atomic mass is 32.2. The molecule has 0 aromatic rings. The number of ether oxygens (including phenoxy) is 1. The van der Waals surface area contributed by atoms with Crippen LogP contribution in [0.3, 0.4) is 0 Å². The predicted octanol–water partition coefficient (Wildman–Crippen LogP) is 1.39. The van der Waals surface area contributed by atoms with E-state index in [9.17, 15) is 14.4 Å². The predicted molar refractivity (Wildman–Crippen MR) is 97.2 cm³/mol. The SMILES string of the molecule is COC(=O)[C@H](CSC(C1CCC1)C(C)(C)C)NC(=O)[C@@H](N)CC(=O)O. The molecule has 144 valence electrons. The van der Waals surface area contributed by atoms with Gasteiger partial charge in [-0.3, -0.25) is 9.59 Å². The summed E-state index contributed by atoms with van der Waals surface area (Å²) in [4.78, 5) is 34.7. The van der Waals surface area contributed by atoms with Gasteiger partial charge in [-0.1, -0.05) is 27.2 Å². The number of carboxylic acid groups (broad SMARTS) is 1. The number of carboxylic acids is 1. The van der Waals surface area contributed by atoms with Crippen LogP contribution in [0.1, 0.15) is 46.5 Å². The third-order valence-electron chi connectivity index (χ3n) is 4.41. The molecule has 0 aromatic carbocycles. The van der Waals surface area contributed by atoms with Gasteiger partial charge in [0.25, 0.3) is 0 Å². The number of aliphatic carboxylic acids is 1. The number of methoxy groups -OCH3 is 1. The van der Waals surface area contributed by atoms with Gasteiger partial charge in [0.15, 0.2) is 0 Å². The molecule has 7 nitrogen and oxygen atoms in total. The van der Waals surface area contributed by atoms with Crippen LogP contribution < -0.4 is 11.1 Å². The van der Waals surface area contributed by atoms with Gasteiger partial charge in [-0.2, -0.15) is 11.8 Å². The molecule has 0 aliphatic heterocycles. The van der Waals surface area contributed by atoms with Crippen molar-refractivity contribution in [1.82, 2.24) is 5.32 Å². The van der Waals surface area contributed by atoms with Crippen molar-refractivity contribution in [2.45, 2.75) is 63.8 Å². The number of nitrogens with one attached hydrogen (secondary N) is 1. The molecule has 3 atom stereocenters. The van der Waals surface area contributed by atoms with Crippen molar-refractivity contribution in [3.05, 3.63) is 0 Å². The Kier molecular flexibility index (Phi) is 8.21. The number of esters is 1. The molecular formula is C17H30N2O5S. The first-order valence-electron chi connectivity index (χ1n) is 8.53. The Labute approximate surface area is 153 Å². The van der Waals surface area contributed by atoms with Crippen molar-refractivity contribution in [1.29, 1.82) is 0 Å². The van der Waals surface area contributed by atoms with E-state index in [1.807, 2.05) is 0 Å². The second kappa shape index (κ2) is 9.43. The highest BCUT2D eigenvalue weighted by Crippen LogP contribution is 2.44. The van der Waals surface area contributed by atoms with Gasteiger partial charge in [0.2, 0.25) is 5.91 Å². The summed E-state index contributed by atoms with van der Waals surface area (Å²) in [5.74, 6) is -1.38. The van der Waals surface area contributed by atoms with Gasteiger partial charge in [0.1, 0.15) is 6.04 Å². The quantitative estimate of drug-likeness (QED) is 0.522. The fourth-order valence-corrected chi connectivity index (χ4v) is 4.57. The maximum atomic E-state index is 12.0. The smallest absolute Gasteiger partial charge is 0.329 e. The van der Waals surface area contributed by atoms with Crippen molar-refractivity contribution < 1.29 is 24.2 Å². The zero-order valence-electron chi connectivity index (χ0n) is 15.4. The van der Waals surface area contributed by atoms with E-state index in [2.05, 4.69) is 26.1 Å². The standard InChI is InChI=1S/C17H30N2O5S/c1-17(2,3)14(10-6-5-7-10)25-9-12(16(23)24-4)19-15(22)11(18)8-13(20)21/h10-12,14H,5-9,18H2,1-4H3,(H,19,22)(H,20,21)/t11-,12-,14?/m0/s1. The molecule has 1 rings (SSSR count). The number of thioether (sulfide) groups is 1. The van der Waals surface area contributed by atoms with Crippen molar-refractivity contribution in [2.75, 3.05) is 12.9 Å². The molecule has 4 N–H and O–H groups in total. The summed E-state index contributed by atoms with van der Waals surface area (Å²) in [6, 6.07) is -2.04. The lowest BCUT2D eigenvalue weighted by Crippen LogP contribution is -2.51. The highest BCUT2D eigenvalue weighted by Gasteiger charge is 2.37. The topological polar surface area (TPSA) is 119 Å². The Hall–Kier alpha value is -1.28. The first-order valence-corrected chi connectivity index (χ1v) is 9.58. The van der Waals surface area contributed by atoms with Gasteiger partial charge >= 0.3 is 11.9 Å². The van der Waals surface area contributed by atoms with Gasteiger partial charge in [0, 0.05) is 11.0 Å². The molecule has 0 spiro atoms. The first kappa shape index (κ1) is 21.8. The van der Waals surface area contributed by atoms with E-state index in [-0.39, 0.29) is 5.41 Å². The molecule has 0 aromatic heterocycles. The highest BCUT2D eigenvalue weighted by molar-refractivity contribution is 8.00. The lowest BCUT2D eigenvalue weighted by Gasteiger charge is -2.41. The molecule has 0 heterocycles. The largest absolute Gasteiger partial charge is 0.481 e. The van der Waals surface area contributed by atoms with E-state index in [1.165, 1.54) is 26.4 Å². The summed E-state index contributed by atoms with van der Waals surface area (Å²) in [6.45, 7) is 6.53. The molecule has 0 radical (unpaired) electrons. The van der Waals surface area contributed by atoms with Crippen LogP contribution in [0.4, 0.5) is 0 Å². The van der Waals surface area contributed by atoms with E-state index in [0.717, 1.165) is 0 Å². The van der Waals surface area contributed by atoms with Crippen LogP contribution in [0, 0.1) is 11.3 Å². The average Bonchev–Trinajstić information content (AvgIpc) is 2.44. The summed E-state index contributed by atoms with van der Waals surface area (Å²) in [6.07, 6.45) is 3.12. The van der Waals surface area contributed by atoms with Crippen molar-refractivity contribution >= 4 is 29.6 Å². The van der Waals surface area contributed by atoms with Gasteiger partial charge in [0.05, 0.1) is 19.6 Å². The number of hydrogen-bond donors (Lipinski definition) is 3. The van der Waals surface area contributed by atoms with Gasteiger partial charge in [-0.15, -0.1) is 0 Å². The molecule has 1 saturated carbocycles. The fraction of sp³-hybridized carbons (Fsp3) is 0.824. The second-order valence-corrected chi connectivity index (χ2v) is 8.77. The van der Waals surface area contributed by atoms with E-state index < -0.39 is 36.4 Å². The Balaban J connectivity index is 2.70. The van der Waals surface area contributed by atoms with Crippen LogP contribution in [-0.4, -0.2) is 53.1 Å². The maximum Gasteiger partial charge on any atom is 0.329 e. The number of nitrogens with two attached hydrogens (primary N) is 1. The Bertz CT molecular complexity index is 488. The lowest BCUT2D eigenvalue weighted by molar-refractivity contribution is -0.144. The number of hydrogen-bond acceptors (Lipinski definition) is 6. The van der Waals surface area contributed by atoms with Crippen LogP contribution in [0.5, 0.6) is 0 Å². The monoisotopic (exact) mass is 374 g/mol. The maximum absolute atomic E-state index is 12.0. The van der Waals surface area contributed by atoms with Crippen molar-refractivity contribution in [2.24, 2.45) is 17.1 Å². The van der Waals surface area contributed by atoms with Crippen LogP contribution in [0.15, 0.2) is 0 Å². The molecule has 0 bridgehead atoms. The van der Waals surface area contributed by atoms with Crippen LogP contribution in [0.2, 0.25) is 0 Å². The summed E-state index contributed by atoms with van der Waals surface area (Å²) in [5, 5.41) is 11.6. The molecule has 1 aliphatic rings. The second-order valence-electron chi connectivity index (χ2n) is 7.60. The summed E-state index contributed by atoms with van der Waals surface area (Å²) in [5.41, 5.74) is 5.64. The number of amides is 1. The molecule has 25 heavy (non-hydrogen) atoms. The normalized spacial score (nSPS) is 18.6. The number of carbonyl (C=O) groups is 3. The summed E-state index contributed by atoms with van der Waals surface area (Å²) < 4.78 is 4.77. The van der Waals surface area contributed by atoms with E-state index in [0.29, 0.717) is 16.9 Å². The average molecular weight is 375 g/mol. The molecule has 1 aliphatic carbocycles.